The van der Waals surface area contributed by atoms with Crippen molar-refractivity contribution >= 4 is 34.2 Å². The van der Waals surface area contributed by atoms with Crippen LogP contribution in [-0.4, -0.2) is 41.7 Å². The number of thiazole rings is 1. The Kier molecular flexibility index (Phi) is 12.0. The topological polar surface area (TPSA) is 48.8 Å². The number of likely N-dealkylation sites (N-methyl/N-ethyl adjacent to an activating group) is 1. The molecule has 2 atom stereocenters. The SMILES string of the molecule is CCCCC(CC)CN(CC(CC)CCCC)c1nc(C(C)(C)C)c(/C=C2\C(=O)N(C)N=C2c2ccccc2)s1. The van der Waals surface area contributed by atoms with Gasteiger partial charge in [0.05, 0.1) is 16.1 Å². The summed E-state index contributed by atoms with van der Waals surface area (Å²) >= 11 is 1.75. The second-order valence-corrected chi connectivity index (χ2v) is 13.4. The minimum atomic E-state index is -0.150. The number of rotatable bonds is 15. The average Bonchev–Trinajstić information content (AvgIpc) is 3.50. The highest BCUT2D eigenvalue weighted by Crippen LogP contribution is 2.38. The number of anilines is 1. The fourth-order valence-corrected chi connectivity index (χ4v) is 6.61. The molecule has 1 amide bonds. The number of nitrogens with zero attached hydrogens (tertiary/aromatic N) is 4. The minimum absolute atomic E-state index is 0.0678. The van der Waals surface area contributed by atoms with Crippen LogP contribution in [0.1, 0.15) is 116 Å². The zero-order valence-electron chi connectivity index (χ0n) is 26.3. The molecule has 3 rings (SSSR count). The second kappa shape index (κ2) is 15.0. The van der Waals surface area contributed by atoms with E-state index in [9.17, 15) is 4.79 Å². The Balaban J connectivity index is 2.07. The van der Waals surface area contributed by atoms with E-state index in [0.29, 0.717) is 17.4 Å². The van der Waals surface area contributed by atoms with Gasteiger partial charge in [-0.15, -0.1) is 0 Å². The summed E-state index contributed by atoms with van der Waals surface area (Å²) in [5.74, 6) is 1.25. The van der Waals surface area contributed by atoms with Crippen molar-refractivity contribution in [1.29, 1.82) is 0 Å². The maximum atomic E-state index is 13.3. The zero-order chi connectivity index (χ0) is 29.3. The van der Waals surface area contributed by atoms with Crippen LogP contribution in [0.5, 0.6) is 0 Å². The Morgan fingerprint density at radius 3 is 2.02 bits per heavy atom. The van der Waals surface area contributed by atoms with E-state index in [4.69, 9.17) is 4.98 Å². The van der Waals surface area contributed by atoms with E-state index in [1.54, 1.807) is 18.4 Å². The minimum Gasteiger partial charge on any atom is -0.348 e. The molecular formula is C34H52N4OS. The monoisotopic (exact) mass is 564 g/mol. The van der Waals surface area contributed by atoms with Crippen molar-refractivity contribution < 1.29 is 4.79 Å². The lowest BCUT2D eigenvalue weighted by Crippen LogP contribution is -2.34. The standard InChI is InChI=1S/C34H52N4OS/c1-9-13-18-25(11-3)23-38(24-26(12-4)19-14-10-2)33-35-31(34(5,6)7)29(40-33)22-28-30(36-37(8)32(28)39)27-20-16-15-17-21-27/h15-17,20-22,25-26H,9-14,18-19,23-24H2,1-8H3/b28-22-. The maximum absolute atomic E-state index is 13.3. The smallest absolute Gasteiger partial charge is 0.276 e. The molecule has 0 saturated carbocycles. The summed E-state index contributed by atoms with van der Waals surface area (Å²) in [7, 11) is 1.74. The Hall–Kier alpha value is -2.47. The number of hydrogen-bond donors (Lipinski definition) is 0. The summed E-state index contributed by atoms with van der Waals surface area (Å²) in [4.78, 5) is 22.3. The number of amides is 1. The predicted molar refractivity (Wildman–Crippen MR) is 173 cm³/mol. The van der Waals surface area contributed by atoms with Gasteiger partial charge in [-0.25, -0.2) is 9.99 Å². The van der Waals surface area contributed by atoms with Crippen LogP contribution in [0.4, 0.5) is 5.13 Å². The summed E-state index contributed by atoms with van der Waals surface area (Å²) in [5.41, 5.74) is 3.24. The molecule has 2 heterocycles. The molecule has 0 saturated heterocycles. The summed E-state index contributed by atoms with van der Waals surface area (Å²) in [6, 6.07) is 10.0. The molecule has 2 unspecified atom stereocenters. The van der Waals surface area contributed by atoms with E-state index in [-0.39, 0.29) is 11.3 Å². The van der Waals surface area contributed by atoms with Gasteiger partial charge in [0, 0.05) is 31.1 Å². The van der Waals surface area contributed by atoms with Crippen LogP contribution >= 0.6 is 11.3 Å². The van der Waals surface area contributed by atoms with E-state index in [2.05, 4.69) is 64.5 Å². The first-order valence-corrected chi connectivity index (χ1v) is 16.3. The van der Waals surface area contributed by atoms with Crippen molar-refractivity contribution in [3.8, 4) is 0 Å². The average molecular weight is 565 g/mol. The van der Waals surface area contributed by atoms with Crippen molar-refractivity contribution in [2.24, 2.45) is 16.9 Å². The Morgan fingerprint density at radius 2 is 1.52 bits per heavy atom. The highest BCUT2D eigenvalue weighted by molar-refractivity contribution is 7.16. The van der Waals surface area contributed by atoms with Crippen LogP contribution in [0, 0.1) is 11.8 Å². The van der Waals surface area contributed by atoms with Gasteiger partial charge in [0.15, 0.2) is 5.13 Å². The molecule has 0 radical (unpaired) electrons. The molecule has 1 aromatic carbocycles. The van der Waals surface area contributed by atoms with Gasteiger partial charge in [0.2, 0.25) is 0 Å². The van der Waals surface area contributed by atoms with Crippen molar-refractivity contribution in [3.63, 3.8) is 0 Å². The van der Waals surface area contributed by atoms with Crippen molar-refractivity contribution in [3.05, 3.63) is 52.0 Å². The molecule has 1 aliphatic rings. The third-order valence-electron chi connectivity index (χ3n) is 8.02. The Bertz CT molecular complexity index is 1130. The van der Waals surface area contributed by atoms with Gasteiger partial charge in [-0.1, -0.05) is 129 Å². The fraction of sp³-hybridized carbons (Fsp3) is 0.618. The largest absolute Gasteiger partial charge is 0.348 e. The molecule has 2 aromatic rings. The molecule has 1 aromatic heterocycles. The molecule has 0 bridgehead atoms. The van der Waals surface area contributed by atoms with Crippen LogP contribution in [-0.2, 0) is 10.2 Å². The molecule has 0 fully saturated rings. The van der Waals surface area contributed by atoms with Gasteiger partial charge in [0.25, 0.3) is 5.91 Å². The predicted octanol–water partition coefficient (Wildman–Crippen LogP) is 8.94. The quantitative estimate of drug-likeness (QED) is 0.203. The fourth-order valence-electron chi connectivity index (χ4n) is 5.37. The van der Waals surface area contributed by atoms with Crippen LogP contribution in [0.25, 0.3) is 6.08 Å². The van der Waals surface area contributed by atoms with Crippen molar-refractivity contribution in [1.82, 2.24) is 9.99 Å². The van der Waals surface area contributed by atoms with E-state index in [1.807, 2.05) is 30.3 Å². The first-order valence-electron chi connectivity index (χ1n) is 15.5. The van der Waals surface area contributed by atoms with Crippen molar-refractivity contribution in [2.75, 3.05) is 25.0 Å². The van der Waals surface area contributed by atoms with Crippen LogP contribution < -0.4 is 4.90 Å². The molecule has 220 valence electrons. The van der Waals surface area contributed by atoms with Gasteiger partial charge in [-0.2, -0.15) is 5.10 Å². The molecule has 1 aliphatic heterocycles. The van der Waals surface area contributed by atoms with Gasteiger partial charge in [0.1, 0.15) is 5.71 Å². The second-order valence-electron chi connectivity index (χ2n) is 12.4. The van der Waals surface area contributed by atoms with Gasteiger partial charge in [-0.3, -0.25) is 4.79 Å². The van der Waals surface area contributed by atoms with Gasteiger partial charge < -0.3 is 4.90 Å². The zero-order valence-corrected chi connectivity index (χ0v) is 27.1. The molecule has 0 spiro atoms. The lowest BCUT2D eigenvalue weighted by atomic mass is 9.90. The van der Waals surface area contributed by atoms with Gasteiger partial charge in [-0.05, 0) is 30.8 Å². The molecule has 0 N–H and O–H groups in total. The number of hydrogen-bond acceptors (Lipinski definition) is 5. The van der Waals surface area contributed by atoms with E-state index in [1.165, 1.54) is 56.4 Å². The third-order valence-corrected chi connectivity index (χ3v) is 9.08. The first-order chi connectivity index (χ1) is 19.1. The van der Waals surface area contributed by atoms with Crippen LogP contribution in [0.2, 0.25) is 0 Å². The summed E-state index contributed by atoms with van der Waals surface area (Å²) in [6.45, 7) is 18.0. The third kappa shape index (κ3) is 8.28. The molecule has 6 heteroatoms. The Labute approximate surface area is 247 Å². The molecule has 40 heavy (non-hydrogen) atoms. The molecule has 0 aliphatic carbocycles. The number of carbonyl (C=O) groups excluding carboxylic acids is 1. The van der Waals surface area contributed by atoms with Crippen LogP contribution in [0.15, 0.2) is 41.0 Å². The van der Waals surface area contributed by atoms with Crippen molar-refractivity contribution in [2.45, 2.75) is 105 Å². The number of aromatic nitrogens is 1. The molecule has 5 nitrogen and oxygen atoms in total. The first kappa shape index (κ1) is 32.0. The summed E-state index contributed by atoms with van der Waals surface area (Å²) < 4.78 is 0. The Morgan fingerprint density at radius 1 is 0.950 bits per heavy atom. The maximum Gasteiger partial charge on any atom is 0.276 e. The summed E-state index contributed by atoms with van der Waals surface area (Å²) in [5, 5.41) is 7.17. The lowest BCUT2D eigenvalue weighted by Gasteiger charge is -2.30. The molecular weight excluding hydrogens is 512 g/mol. The lowest BCUT2D eigenvalue weighted by molar-refractivity contribution is -0.124. The number of benzene rings is 1. The van der Waals surface area contributed by atoms with E-state index in [0.717, 1.165) is 40.1 Å². The van der Waals surface area contributed by atoms with E-state index >= 15 is 0 Å². The highest BCUT2D eigenvalue weighted by Gasteiger charge is 2.31. The number of unbranched alkanes of at least 4 members (excludes halogenated alkanes) is 2. The highest BCUT2D eigenvalue weighted by atomic mass is 32.1. The summed E-state index contributed by atoms with van der Waals surface area (Å²) in [6.07, 6.45) is 12.0. The van der Waals surface area contributed by atoms with Crippen LogP contribution in [0.3, 0.4) is 0 Å². The number of hydrazone groups is 1. The normalized spacial score (nSPS) is 16.5. The van der Waals surface area contributed by atoms with Gasteiger partial charge >= 0.3 is 0 Å². The number of carbonyl (C=O) groups is 1. The van der Waals surface area contributed by atoms with E-state index < -0.39 is 0 Å².